The highest BCUT2D eigenvalue weighted by Gasteiger charge is 2.19. The molecule has 0 aliphatic rings. The Morgan fingerprint density at radius 3 is 2.48 bits per heavy atom. The Hall–Kier alpha value is -2.67. The molecule has 1 amide bonds. The maximum atomic E-state index is 11.7. The van der Waals surface area contributed by atoms with Crippen LogP contribution in [0, 0.1) is 0 Å². The molecule has 1 atom stereocenters. The van der Waals surface area contributed by atoms with Crippen molar-refractivity contribution in [2.24, 2.45) is 0 Å². The smallest absolute Gasteiger partial charge is 0.356 e. The lowest BCUT2D eigenvalue weighted by atomic mass is 10.1. The van der Waals surface area contributed by atoms with Gasteiger partial charge in [0.05, 0.1) is 5.56 Å². The molecule has 0 aromatic heterocycles. The van der Waals surface area contributed by atoms with E-state index in [9.17, 15) is 14.4 Å². The van der Waals surface area contributed by atoms with Crippen molar-refractivity contribution in [3.8, 4) is 0 Å². The number of benzene rings is 1. The lowest BCUT2D eigenvalue weighted by molar-refractivity contribution is -0.142. The summed E-state index contributed by atoms with van der Waals surface area (Å²) in [4.78, 5) is 40.4. The van der Waals surface area contributed by atoms with Gasteiger partial charge in [-0.3, -0.25) is 9.59 Å². The number of hydrogen-bond acceptors (Lipinski definition) is 5. The molecule has 1 rings (SSSR count). The minimum absolute atomic E-state index is 0.175. The number of hydrogen-bond donors (Lipinski definition) is 2. The van der Waals surface area contributed by atoms with Crippen LogP contribution in [0.2, 0.25) is 0 Å². The van der Waals surface area contributed by atoms with Gasteiger partial charge in [0.1, 0.15) is 6.04 Å². The third-order valence-corrected chi connectivity index (χ3v) is 2.92. The Labute approximate surface area is 134 Å². The number of carbonyl (C=O) groups is 3. The monoisotopic (exact) mass is 320 g/mol. The summed E-state index contributed by atoms with van der Waals surface area (Å²) < 4.78 is 0. The highest BCUT2D eigenvalue weighted by atomic mass is 16.7. The fraction of sp³-hybridized carbons (Fsp3) is 0.312. The zero-order valence-electron chi connectivity index (χ0n) is 13.1. The molecule has 0 unspecified atom stereocenters. The predicted molar refractivity (Wildman–Crippen MR) is 83.5 cm³/mol. The number of carboxylic acids is 1. The molecular formula is C16H20N2O5. The second-order valence-corrected chi connectivity index (χ2v) is 4.98. The number of hydroxylamine groups is 1. The van der Waals surface area contributed by atoms with Gasteiger partial charge in [-0.15, -0.1) is 5.48 Å². The maximum Gasteiger partial charge on any atom is 0.356 e. The lowest BCUT2D eigenvalue weighted by Crippen LogP contribution is -2.38. The Morgan fingerprint density at radius 1 is 1.26 bits per heavy atom. The van der Waals surface area contributed by atoms with Gasteiger partial charge in [0.15, 0.2) is 0 Å². The number of amides is 1. The van der Waals surface area contributed by atoms with E-state index in [-0.39, 0.29) is 12.3 Å². The Morgan fingerprint density at radius 2 is 1.91 bits per heavy atom. The van der Waals surface area contributed by atoms with Crippen molar-refractivity contribution in [2.45, 2.75) is 18.9 Å². The van der Waals surface area contributed by atoms with Crippen molar-refractivity contribution in [1.29, 1.82) is 0 Å². The number of likely N-dealkylation sites (N-methyl/N-ethyl adjacent to an activating group) is 1. The molecular weight excluding hydrogens is 300 g/mol. The van der Waals surface area contributed by atoms with Gasteiger partial charge in [0.25, 0.3) is 0 Å². The molecule has 1 aromatic carbocycles. The first kappa shape index (κ1) is 18.4. The third-order valence-electron chi connectivity index (χ3n) is 2.92. The van der Waals surface area contributed by atoms with Crippen molar-refractivity contribution in [3.63, 3.8) is 0 Å². The molecule has 0 saturated heterocycles. The highest BCUT2D eigenvalue weighted by Crippen LogP contribution is 2.03. The largest absolute Gasteiger partial charge is 0.480 e. The number of nitrogens with zero attached hydrogens (tertiary/aromatic N) is 1. The lowest BCUT2D eigenvalue weighted by Gasteiger charge is -2.13. The molecule has 0 radical (unpaired) electrons. The first-order valence-corrected chi connectivity index (χ1v) is 7.04. The number of carbonyl (C=O) groups excluding carboxylic acids is 2. The molecule has 1 aromatic rings. The number of carboxylic acid groups (broad SMARTS) is 1. The van der Waals surface area contributed by atoms with E-state index in [0.29, 0.717) is 12.0 Å². The molecule has 0 aliphatic carbocycles. The van der Waals surface area contributed by atoms with Crippen molar-refractivity contribution >= 4 is 17.8 Å². The van der Waals surface area contributed by atoms with Crippen LogP contribution in [0.15, 0.2) is 42.5 Å². The molecule has 7 nitrogen and oxygen atoms in total. The second kappa shape index (κ2) is 9.37. The summed E-state index contributed by atoms with van der Waals surface area (Å²) in [5.74, 6) is -1.98. The van der Waals surface area contributed by atoms with Crippen LogP contribution in [0.25, 0.3) is 0 Å². The van der Waals surface area contributed by atoms with Gasteiger partial charge >= 0.3 is 11.9 Å². The molecule has 0 heterocycles. The molecule has 23 heavy (non-hydrogen) atoms. The van der Waals surface area contributed by atoms with Gasteiger partial charge in [-0.2, -0.15) is 0 Å². The second-order valence-electron chi connectivity index (χ2n) is 4.98. The molecule has 0 fully saturated rings. The van der Waals surface area contributed by atoms with E-state index in [0.717, 1.165) is 0 Å². The van der Waals surface area contributed by atoms with E-state index in [1.807, 2.05) is 0 Å². The van der Waals surface area contributed by atoms with Gasteiger partial charge in [0, 0.05) is 14.1 Å². The number of aliphatic carboxylic acids is 1. The Kier molecular flexibility index (Phi) is 7.49. The quantitative estimate of drug-likeness (QED) is 0.552. The minimum atomic E-state index is -1.14. The van der Waals surface area contributed by atoms with Crippen LogP contribution in [-0.4, -0.2) is 48.0 Å². The van der Waals surface area contributed by atoms with Crippen LogP contribution >= 0.6 is 0 Å². The van der Waals surface area contributed by atoms with Crippen LogP contribution in [0.3, 0.4) is 0 Å². The maximum absolute atomic E-state index is 11.7. The normalized spacial score (nSPS) is 11.9. The van der Waals surface area contributed by atoms with E-state index in [2.05, 4.69) is 5.48 Å². The number of allylic oxidation sites excluding steroid dienone is 1. The third kappa shape index (κ3) is 6.75. The summed E-state index contributed by atoms with van der Waals surface area (Å²) in [6, 6.07) is 7.19. The zero-order valence-corrected chi connectivity index (χ0v) is 13.1. The van der Waals surface area contributed by atoms with Crippen LogP contribution in [-0.2, 0) is 14.4 Å². The summed E-state index contributed by atoms with van der Waals surface area (Å²) in [5.41, 5.74) is 2.57. The molecule has 0 aliphatic heterocycles. The summed E-state index contributed by atoms with van der Waals surface area (Å²) in [5, 5.41) is 9.10. The number of rotatable bonds is 8. The zero-order chi connectivity index (χ0) is 17.2. The molecule has 0 bridgehead atoms. The van der Waals surface area contributed by atoms with Crippen molar-refractivity contribution in [2.75, 3.05) is 14.1 Å². The van der Waals surface area contributed by atoms with Crippen molar-refractivity contribution < 1.29 is 24.3 Å². The van der Waals surface area contributed by atoms with Gasteiger partial charge in [-0.05, 0) is 31.1 Å². The van der Waals surface area contributed by atoms with Crippen LogP contribution in [0.1, 0.15) is 23.2 Å². The van der Waals surface area contributed by atoms with Crippen molar-refractivity contribution in [1.82, 2.24) is 10.4 Å². The highest BCUT2D eigenvalue weighted by molar-refractivity contribution is 5.89. The average Bonchev–Trinajstić information content (AvgIpc) is 2.53. The van der Waals surface area contributed by atoms with E-state index in [4.69, 9.17) is 9.94 Å². The van der Waals surface area contributed by atoms with Gasteiger partial charge in [0.2, 0.25) is 5.91 Å². The minimum Gasteiger partial charge on any atom is -0.480 e. The molecule has 7 heteroatoms. The summed E-state index contributed by atoms with van der Waals surface area (Å²) in [6.07, 6.45) is 3.48. The molecule has 2 N–H and O–H groups in total. The SMILES string of the molecule is CN(C)C(=O)/C=C/CC[C@H](NOC(=O)c1ccccc1)C(=O)O. The molecule has 0 spiro atoms. The van der Waals surface area contributed by atoms with E-state index in [1.54, 1.807) is 50.5 Å². The van der Waals surface area contributed by atoms with E-state index >= 15 is 0 Å². The Balaban J connectivity index is 2.45. The van der Waals surface area contributed by atoms with E-state index < -0.39 is 18.0 Å². The molecule has 0 saturated carbocycles. The van der Waals surface area contributed by atoms with Gasteiger partial charge in [-0.1, -0.05) is 24.3 Å². The first-order valence-electron chi connectivity index (χ1n) is 7.04. The standard InChI is InChI=1S/C16H20N2O5/c1-18(2)14(19)11-7-6-10-13(15(20)21)17-23-16(22)12-8-4-3-5-9-12/h3-5,7-9,11,13,17H,6,10H2,1-2H3,(H,20,21)/b11-7+/t13-/m0/s1. The predicted octanol–water partition coefficient (Wildman–Crippen LogP) is 1.23. The van der Waals surface area contributed by atoms with Crippen molar-refractivity contribution in [3.05, 3.63) is 48.0 Å². The molecule has 124 valence electrons. The number of nitrogens with one attached hydrogen (secondary N) is 1. The van der Waals surface area contributed by atoms with E-state index in [1.165, 1.54) is 11.0 Å². The Bertz CT molecular complexity index is 569. The van der Waals surface area contributed by atoms with Crippen LogP contribution in [0.5, 0.6) is 0 Å². The summed E-state index contributed by atoms with van der Waals surface area (Å²) in [7, 11) is 3.24. The van der Waals surface area contributed by atoms with Crippen LogP contribution in [0.4, 0.5) is 0 Å². The summed E-state index contributed by atoms with van der Waals surface area (Å²) >= 11 is 0. The van der Waals surface area contributed by atoms with Gasteiger partial charge in [-0.25, -0.2) is 4.79 Å². The first-order chi connectivity index (χ1) is 10.9. The topological polar surface area (TPSA) is 95.9 Å². The summed E-state index contributed by atoms with van der Waals surface area (Å²) in [6.45, 7) is 0. The average molecular weight is 320 g/mol. The fourth-order valence-corrected chi connectivity index (χ4v) is 1.59. The fourth-order valence-electron chi connectivity index (χ4n) is 1.59. The van der Waals surface area contributed by atoms with Gasteiger partial charge < -0.3 is 14.8 Å². The van der Waals surface area contributed by atoms with Crippen LogP contribution < -0.4 is 5.48 Å².